The molecule has 37 heavy (non-hydrogen) atoms. The highest BCUT2D eigenvalue weighted by atomic mass is 35.5. The Morgan fingerprint density at radius 3 is 2.59 bits per heavy atom. The summed E-state index contributed by atoms with van der Waals surface area (Å²) >= 11 is 6.16. The molecule has 0 saturated carbocycles. The third kappa shape index (κ3) is 8.64. The fourth-order valence-electron chi connectivity index (χ4n) is 3.49. The number of nitrogens with zero attached hydrogens (tertiary/aromatic N) is 2. The van der Waals surface area contributed by atoms with Crippen LogP contribution in [0, 0.1) is 6.92 Å². The van der Waals surface area contributed by atoms with E-state index in [1.54, 1.807) is 49.8 Å². The standard InChI is InChI=1S/C27H32ClN5O4/c1-18-9-11-33(31-15-19-6-5-10-29-14-19)25(35)23(18)13-24(34)30-16-21-12-22(28)8-7-20(21)17-37-26(36)32-27(2,3)4/h5-12,14,31H,13,15-17H2,1-4H3,(H,30,34)(H,32,36). The van der Waals surface area contributed by atoms with Crippen LogP contribution in [0.4, 0.5) is 4.79 Å². The van der Waals surface area contributed by atoms with E-state index in [0.29, 0.717) is 28.3 Å². The summed E-state index contributed by atoms with van der Waals surface area (Å²) in [7, 11) is 0. The van der Waals surface area contributed by atoms with Gasteiger partial charge < -0.3 is 20.8 Å². The quantitative estimate of drug-likeness (QED) is 0.391. The van der Waals surface area contributed by atoms with Gasteiger partial charge in [-0.05, 0) is 74.2 Å². The SMILES string of the molecule is Cc1ccn(NCc2cccnc2)c(=O)c1CC(=O)NCc1cc(Cl)ccc1COC(=O)NC(C)(C)C. The van der Waals surface area contributed by atoms with Gasteiger partial charge in [0, 0.05) is 41.3 Å². The predicted octanol–water partition coefficient (Wildman–Crippen LogP) is 3.83. The van der Waals surface area contributed by atoms with E-state index < -0.39 is 11.6 Å². The molecule has 9 nitrogen and oxygen atoms in total. The number of ether oxygens (including phenoxy) is 1. The lowest BCUT2D eigenvalue weighted by atomic mass is 10.1. The second-order valence-electron chi connectivity index (χ2n) is 9.67. The van der Waals surface area contributed by atoms with E-state index in [1.165, 1.54) is 4.68 Å². The van der Waals surface area contributed by atoms with Crippen molar-refractivity contribution in [3.63, 3.8) is 0 Å². The molecule has 0 saturated heterocycles. The average molecular weight is 526 g/mol. The molecular weight excluding hydrogens is 494 g/mol. The van der Waals surface area contributed by atoms with Gasteiger partial charge in [-0.25, -0.2) is 9.47 Å². The summed E-state index contributed by atoms with van der Waals surface area (Å²) in [5.74, 6) is -0.317. The minimum Gasteiger partial charge on any atom is -0.445 e. The predicted molar refractivity (Wildman–Crippen MR) is 143 cm³/mol. The summed E-state index contributed by atoms with van der Waals surface area (Å²) in [6, 6.07) is 10.7. The lowest BCUT2D eigenvalue weighted by Gasteiger charge is -2.20. The van der Waals surface area contributed by atoms with Crippen molar-refractivity contribution in [2.45, 2.75) is 59.4 Å². The van der Waals surface area contributed by atoms with Crippen LogP contribution in [-0.4, -0.2) is 27.2 Å². The highest BCUT2D eigenvalue weighted by molar-refractivity contribution is 6.30. The Labute approximate surface area is 221 Å². The van der Waals surface area contributed by atoms with Crippen LogP contribution in [0.1, 0.15) is 48.6 Å². The molecule has 0 radical (unpaired) electrons. The summed E-state index contributed by atoms with van der Waals surface area (Å²) in [6.07, 6.45) is 4.42. The third-order valence-corrected chi connectivity index (χ3v) is 5.66. The molecule has 0 spiro atoms. The number of hydrogen-bond donors (Lipinski definition) is 3. The Kier molecular flexibility index (Phi) is 9.30. The smallest absolute Gasteiger partial charge is 0.407 e. The maximum Gasteiger partial charge on any atom is 0.407 e. The summed E-state index contributed by atoms with van der Waals surface area (Å²) in [5.41, 5.74) is 5.81. The van der Waals surface area contributed by atoms with Crippen molar-refractivity contribution in [3.8, 4) is 0 Å². The van der Waals surface area contributed by atoms with E-state index in [2.05, 4.69) is 21.0 Å². The van der Waals surface area contributed by atoms with Crippen LogP contribution >= 0.6 is 11.6 Å². The first-order chi connectivity index (χ1) is 17.5. The van der Waals surface area contributed by atoms with Crippen LogP contribution in [0.3, 0.4) is 0 Å². The maximum atomic E-state index is 13.0. The second-order valence-corrected chi connectivity index (χ2v) is 10.1. The Morgan fingerprint density at radius 1 is 1.11 bits per heavy atom. The van der Waals surface area contributed by atoms with Gasteiger partial charge in [0.05, 0.1) is 13.0 Å². The van der Waals surface area contributed by atoms with Crippen LogP contribution < -0.4 is 21.6 Å². The van der Waals surface area contributed by atoms with E-state index >= 15 is 0 Å². The molecule has 2 aromatic heterocycles. The number of hydrogen-bond acceptors (Lipinski definition) is 6. The zero-order chi connectivity index (χ0) is 27.0. The zero-order valence-corrected chi connectivity index (χ0v) is 22.2. The number of alkyl carbamates (subject to hydrolysis) is 1. The fourth-order valence-corrected chi connectivity index (χ4v) is 3.68. The number of pyridine rings is 2. The number of nitrogens with one attached hydrogen (secondary N) is 3. The Bertz CT molecular complexity index is 1300. The van der Waals surface area contributed by atoms with Gasteiger partial charge in [-0.3, -0.25) is 14.6 Å². The molecule has 0 unspecified atom stereocenters. The molecule has 0 aliphatic heterocycles. The number of rotatable bonds is 9. The Hall–Kier alpha value is -3.85. The van der Waals surface area contributed by atoms with Crippen molar-refractivity contribution < 1.29 is 14.3 Å². The minimum atomic E-state index is -0.537. The van der Waals surface area contributed by atoms with Gasteiger partial charge in [-0.2, -0.15) is 0 Å². The highest BCUT2D eigenvalue weighted by Crippen LogP contribution is 2.17. The normalized spacial score (nSPS) is 11.1. The largest absolute Gasteiger partial charge is 0.445 e. The van der Waals surface area contributed by atoms with Crippen molar-refractivity contribution in [1.29, 1.82) is 0 Å². The molecule has 0 aliphatic carbocycles. The average Bonchev–Trinajstić information content (AvgIpc) is 2.84. The fraction of sp³-hybridized carbons (Fsp3) is 0.333. The van der Waals surface area contributed by atoms with Crippen LogP contribution in [0.25, 0.3) is 0 Å². The van der Waals surface area contributed by atoms with Gasteiger partial charge in [0.1, 0.15) is 6.61 Å². The molecule has 0 aliphatic rings. The molecule has 196 valence electrons. The number of aromatic nitrogens is 2. The summed E-state index contributed by atoms with van der Waals surface area (Å²) in [6.45, 7) is 7.97. The van der Waals surface area contributed by atoms with Crippen LogP contribution in [0.15, 0.2) is 59.8 Å². The first-order valence-corrected chi connectivity index (χ1v) is 12.2. The van der Waals surface area contributed by atoms with Crippen molar-refractivity contribution in [1.82, 2.24) is 20.3 Å². The summed E-state index contributed by atoms with van der Waals surface area (Å²) < 4.78 is 6.70. The number of carbonyl (C=O) groups is 2. The van der Waals surface area contributed by atoms with Gasteiger partial charge in [-0.15, -0.1) is 0 Å². The van der Waals surface area contributed by atoms with Gasteiger partial charge in [0.2, 0.25) is 5.91 Å². The van der Waals surface area contributed by atoms with Gasteiger partial charge in [0.25, 0.3) is 5.56 Å². The van der Waals surface area contributed by atoms with E-state index in [1.807, 2.05) is 32.9 Å². The molecular formula is C27H32ClN5O4. The summed E-state index contributed by atoms with van der Waals surface area (Å²) in [4.78, 5) is 41.9. The van der Waals surface area contributed by atoms with Crippen LogP contribution in [0.5, 0.6) is 0 Å². The number of benzene rings is 1. The molecule has 1 aromatic carbocycles. The van der Waals surface area contributed by atoms with Crippen LogP contribution in [-0.2, 0) is 35.6 Å². The van der Waals surface area contributed by atoms with E-state index in [9.17, 15) is 14.4 Å². The second kappa shape index (κ2) is 12.4. The number of halogens is 1. The third-order valence-electron chi connectivity index (χ3n) is 5.42. The first-order valence-electron chi connectivity index (χ1n) is 11.8. The Balaban J connectivity index is 1.63. The Morgan fingerprint density at radius 2 is 1.89 bits per heavy atom. The molecule has 3 N–H and O–H groups in total. The highest BCUT2D eigenvalue weighted by Gasteiger charge is 2.16. The number of amides is 2. The van der Waals surface area contributed by atoms with E-state index in [0.717, 1.165) is 11.1 Å². The van der Waals surface area contributed by atoms with Gasteiger partial charge in [-0.1, -0.05) is 23.7 Å². The molecule has 0 atom stereocenters. The molecule has 0 fully saturated rings. The number of aryl methyl sites for hydroxylation is 1. The van der Waals surface area contributed by atoms with Crippen LogP contribution in [0.2, 0.25) is 5.02 Å². The molecule has 3 rings (SSSR count). The van der Waals surface area contributed by atoms with Crippen molar-refractivity contribution in [3.05, 3.63) is 98.2 Å². The number of carbonyl (C=O) groups excluding carboxylic acids is 2. The zero-order valence-electron chi connectivity index (χ0n) is 21.4. The topological polar surface area (TPSA) is 114 Å². The molecule has 2 heterocycles. The first kappa shape index (κ1) is 27.7. The molecule has 3 aromatic rings. The van der Waals surface area contributed by atoms with Crippen molar-refractivity contribution >= 4 is 23.6 Å². The van der Waals surface area contributed by atoms with Gasteiger partial charge in [0.15, 0.2) is 0 Å². The monoisotopic (exact) mass is 525 g/mol. The molecule has 2 amide bonds. The molecule has 10 heteroatoms. The van der Waals surface area contributed by atoms with Crippen molar-refractivity contribution in [2.24, 2.45) is 0 Å². The summed E-state index contributed by atoms with van der Waals surface area (Å²) in [5, 5.41) is 6.07. The van der Waals surface area contributed by atoms with E-state index in [-0.39, 0.29) is 31.0 Å². The minimum absolute atomic E-state index is 0.0232. The molecule has 0 bridgehead atoms. The van der Waals surface area contributed by atoms with Gasteiger partial charge >= 0.3 is 6.09 Å². The lowest BCUT2D eigenvalue weighted by molar-refractivity contribution is -0.120. The lowest BCUT2D eigenvalue weighted by Crippen LogP contribution is -2.40. The van der Waals surface area contributed by atoms with E-state index in [4.69, 9.17) is 16.3 Å². The maximum absolute atomic E-state index is 13.0. The van der Waals surface area contributed by atoms with Crippen molar-refractivity contribution in [2.75, 3.05) is 5.43 Å².